The van der Waals surface area contributed by atoms with E-state index < -0.39 is 54.2 Å². The van der Waals surface area contributed by atoms with Crippen LogP contribution in [-0.2, 0) is 25.5 Å². The lowest BCUT2D eigenvalue weighted by molar-refractivity contribution is -0.195. The Labute approximate surface area is 221 Å². The van der Waals surface area contributed by atoms with Gasteiger partial charge in [0.1, 0.15) is 29.2 Å². The number of aromatic nitrogens is 5. The van der Waals surface area contributed by atoms with Gasteiger partial charge in [-0.25, -0.2) is 19.0 Å². The Morgan fingerprint density at radius 1 is 1.23 bits per heavy atom. The molecule has 1 aromatic carbocycles. The van der Waals surface area contributed by atoms with Gasteiger partial charge in [0.05, 0.1) is 12.7 Å². The molecule has 1 aliphatic heterocycles. The average molecular weight is 561 g/mol. The van der Waals surface area contributed by atoms with Gasteiger partial charge in [-0.15, -0.1) is 0 Å². The fraction of sp³-hybridized carbons (Fsp3) is 0.304. The molecule has 0 bridgehead atoms. The van der Waals surface area contributed by atoms with Gasteiger partial charge in [0.25, 0.3) is 5.60 Å². The summed E-state index contributed by atoms with van der Waals surface area (Å²) < 4.78 is 33.0. The predicted molar refractivity (Wildman–Crippen MR) is 127 cm³/mol. The Balaban J connectivity index is 1.25. The van der Waals surface area contributed by atoms with Gasteiger partial charge < -0.3 is 35.1 Å². The summed E-state index contributed by atoms with van der Waals surface area (Å²) in [6.45, 7) is 0. The number of alkyl halides is 1. The van der Waals surface area contributed by atoms with Crippen LogP contribution < -0.4 is 5.73 Å². The molecule has 5 N–H and O–H groups in total. The number of benzene rings is 1. The van der Waals surface area contributed by atoms with Crippen LogP contribution in [0.25, 0.3) is 22.4 Å². The summed E-state index contributed by atoms with van der Waals surface area (Å²) in [6, 6.07) is 10.1. The lowest BCUT2D eigenvalue weighted by Crippen LogP contribution is -2.53. The highest BCUT2D eigenvalue weighted by atomic mass is 35.5. The van der Waals surface area contributed by atoms with E-state index in [-0.39, 0.29) is 28.0 Å². The third kappa shape index (κ3) is 3.73. The van der Waals surface area contributed by atoms with Crippen LogP contribution in [0.5, 0.6) is 0 Å². The monoisotopic (exact) mass is 560 g/mol. The summed E-state index contributed by atoms with van der Waals surface area (Å²) >= 11 is 5.85. The van der Waals surface area contributed by atoms with Gasteiger partial charge in [-0.1, -0.05) is 35.5 Å². The largest absolute Gasteiger partial charge is 0.479 e. The highest BCUT2D eigenvalue weighted by Crippen LogP contribution is 2.58. The number of rotatable bonds is 8. The molecule has 1 unspecified atom stereocenters. The Kier molecular flexibility index (Phi) is 5.58. The van der Waals surface area contributed by atoms with Crippen molar-refractivity contribution in [3.05, 3.63) is 53.8 Å². The number of hydrogen-bond acceptors (Lipinski definition) is 11. The average Bonchev–Trinajstić information content (AvgIpc) is 3.33. The maximum atomic E-state index is 15.6. The highest BCUT2D eigenvalue weighted by Gasteiger charge is 2.80. The Morgan fingerprint density at radius 3 is 2.59 bits per heavy atom. The number of carbonyl (C=O) groups is 2. The Hall–Kier alpha value is -4.18. The number of nitrogen functional groups attached to an aromatic ring is 1. The quantitative estimate of drug-likeness (QED) is 0.177. The summed E-state index contributed by atoms with van der Waals surface area (Å²) in [5.74, 6) is -3.96. The number of ether oxygens (including phenoxy) is 2. The molecule has 4 aromatic rings. The third-order valence-electron chi connectivity index (χ3n) is 6.82. The number of carboxylic acid groups (broad SMARTS) is 2. The van der Waals surface area contributed by atoms with E-state index in [9.17, 15) is 24.9 Å². The molecule has 39 heavy (non-hydrogen) atoms. The van der Waals surface area contributed by atoms with Crippen molar-refractivity contribution in [3.63, 3.8) is 0 Å². The van der Waals surface area contributed by atoms with Crippen LogP contribution in [0.15, 0.2) is 47.2 Å². The molecule has 2 aliphatic rings. The molecule has 14 nitrogen and oxygen atoms in total. The van der Waals surface area contributed by atoms with Crippen LogP contribution in [0.2, 0.25) is 5.28 Å². The molecule has 3 aromatic heterocycles. The van der Waals surface area contributed by atoms with E-state index in [1.807, 2.05) is 0 Å². The molecule has 2 fully saturated rings. The topological polar surface area (TPSA) is 209 Å². The maximum absolute atomic E-state index is 15.6. The summed E-state index contributed by atoms with van der Waals surface area (Å²) in [5, 5.41) is 34.5. The van der Waals surface area contributed by atoms with Gasteiger partial charge in [0, 0.05) is 11.6 Å². The molecule has 6 rings (SSSR count). The summed E-state index contributed by atoms with van der Waals surface area (Å²) in [4.78, 5) is 36.2. The second kappa shape index (κ2) is 8.67. The van der Waals surface area contributed by atoms with Crippen LogP contribution in [0, 0.1) is 0 Å². The summed E-state index contributed by atoms with van der Waals surface area (Å²) in [6.07, 6.45) is -6.35. The van der Waals surface area contributed by atoms with Crippen molar-refractivity contribution in [1.82, 2.24) is 24.7 Å². The van der Waals surface area contributed by atoms with Crippen LogP contribution in [0.1, 0.15) is 12.0 Å². The van der Waals surface area contributed by atoms with Gasteiger partial charge in [-0.2, -0.15) is 9.97 Å². The van der Waals surface area contributed by atoms with Gasteiger partial charge >= 0.3 is 11.9 Å². The molecule has 0 amide bonds. The minimum atomic E-state index is -2.95. The lowest BCUT2D eigenvalue weighted by atomic mass is 9.97. The summed E-state index contributed by atoms with van der Waals surface area (Å²) in [7, 11) is 0. The first-order chi connectivity index (χ1) is 18.6. The Morgan fingerprint density at radius 2 is 1.95 bits per heavy atom. The third-order valence-corrected chi connectivity index (χ3v) is 6.99. The smallest absolute Gasteiger partial charge is 0.348 e. The van der Waals surface area contributed by atoms with E-state index in [0.717, 1.165) is 4.57 Å². The van der Waals surface area contributed by atoms with Crippen LogP contribution in [0.3, 0.4) is 0 Å². The number of hydrogen-bond donors (Lipinski definition) is 4. The second-order valence-electron chi connectivity index (χ2n) is 9.14. The number of anilines is 1. The second-order valence-corrected chi connectivity index (χ2v) is 9.47. The Bertz CT molecular complexity index is 1600. The first-order valence-electron chi connectivity index (χ1n) is 11.4. The molecular formula is C23H18ClFN6O8. The number of nitrogens with zero attached hydrogens (tertiary/aromatic N) is 5. The van der Waals surface area contributed by atoms with Crippen molar-refractivity contribution in [3.8, 4) is 11.3 Å². The van der Waals surface area contributed by atoms with E-state index >= 15 is 4.39 Å². The van der Waals surface area contributed by atoms with E-state index in [1.54, 1.807) is 30.3 Å². The van der Waals surface area contributed by atoms with Crippen molar-refractivity contribution in [2.24, 2.45) is 0 Å². The van der Waals surface area contributed by atoms with Crippen LogP contribution >= 0.6 is 11.6 Å². The van der Waals surface area contributed by atoms with E-state index in [2.05, 4.69) is 20.1 Å². The number of imidazole rings is 1. The molecule has 5 atom stereocenters. The number of fused-ring (bicyclic) bond motifs is 2. The minimum absolute atomic E-state index is 0.0347. The molecule has 0 spiro atoms. The van der Waals surface area contributed by atoms with E-state index in [1.165, 1.54) is 12.4 Å². The van der Waals surface area contributed by atoms with Crippen molar-refractivity contribution < 1.29 is 43.3 Å². The highest BCUT2D eigenvalue weighted by molar-refractivity contribution is 6.28. The molecule has 202 valence electrons. The number of aliphatic hydroxyl groups is 1. The fourth-order valence-electron chi connectivity index (χ4n) is 4.72. The first kappa shape index (κ1) is 25.1. The SMILES string of the molecule is Nc1nc(Cl)nc2c1ncn2[C@@H]1O[C@@H]2C(OC(Cc3cc(-c4ccccc4)no3)(C(=O)O)C(=O)O)[C@]2(O)[C@@H]1F. The normalized spacial score (nSPS) is 26.0. The van der Waals surface area contributed by atoms with Crippen molar-refractivity contribution in [1.29, 1.82) is 0 Å². The molecule has 1 aliphatic carbocycles. The van der Waals surface area contributed by atoms with Crippen molar-refractivity contribution in [2.75, 3.05) is 5.73 Å². The van der Waals surface area contributed by atoms with Gasteiger partial charge in [0.2, 0.25) is 5.28 Å². The maximum Gasteiger partial charge on any atom is 0.348 e. The number of halogens is 2. The molecule has 4 heterocycles. The predicted octanol–water partition coefficient (Wildman–Crippen LogP) is 1.23. The number of carboxylic acids is 2. The van der Waals surface area contributed by atoms with Crippen LogP contribution in [-0.4, -0.2) is 81.5 Å². The lowest BCUT2D eigenvalue weighted by Gasteiger charge is -2.28. The minimum Gasteiger partial charge on any atom is -0.479 e. The zero-order chi connectivity index (χ0) is 27.7. The number of nitrogens with two attached hydrogens (primary N) is 1. The van der Waals surface area contributed by atoms with Crippen molar-refractivity contribution in [2.45, 2.75) is 42.2 Å². The molecule has 1 saturated carbocycles. The molecule has 1 saturated heterocycles. The van der Waals surface area contributed by atoms with Crippen LogP contribution in [0.4, 0.5) is 10.2 Å². The van der Waals surface area contributed by atoms with Gasteiger partial charge in [-0.05, 0) is 11.6 Å². The molecular weight excluding hydrogens is 543 g/mol. The summed E-state index contributed by atoms with van der Waals surface area (Å²) in [5.41, 5.74) is 1.60. The van der Waals surface area contributed by atoms with Crippen molar-refractivity contribution >= 4 is 40.5 Å². The standard InChI is InChI=1S/C23H18ClFN6O8/c24-21-28-16(26)12-17(29-21)31(8-27-12)18-13(25)23(36)14(37-18)15(23)38-22(19(32)33,20(34)35)7-10-6-11(30-39-10)9-4-2-1-3-5-9/h1-6,8,13-15,18,36H,7H2,(H,32,33)(H,34,35)(H2,26,28,29)/t13-,14-,15?,18-,23+/m1/s1. The first-order valence-corrected chi connectivity index (χ1v) is 11.8. The zero-order valence-electron chi connectivity index (χ0n) is 19.5. The molecule has 0 radical (unpaired) electrons. The number of aliphatic carboxylic acids is 2. The zero-order valence-corrected chi connectivity index (χ0v) is 20.3. The van der Waals surface area contributed by atoms with E-state index in [0.29, 0.717) is 11.3 Å². The molecule has 16 heteroatoms. The van der Waals surface area contributed by atoms with Gasteiger partial charge in [0.15, 0.2) is 29.5 Å². The van der Waals surface area contributed by atoms with Gasteiger partial charge in [-0.3, -0.25) is 4.57 Å². The fourth-order valence-corrected chi connectivity index (χ4v) is 4.89. The van der Waals surface area contributed by atoms with E-state index in [4.69, 9.17) is 31.3 Å².